The van der Waals surface area contributed by atoms with Crippen molar-refractivity contribution in [1.29, 1.82) is 0 Å². The second-order valence-electron chi connectivity index (χ2n) is 2.01. The fourth-order valence-electron chi connectivity index (χ4n) is 0.474. The number of allylic oxidation sites excluding steroid dienone is 1. The molecule has 50 valence electrons. The van der Waals surface area contributed by atoms with Crippen molar-refractivity contribution in [1.82, 2.24) is 0 Å². The molecule has 0 saturated heterocycles. The summed E-state index contributed by atoms with van der Waals surface area (Å²) in [7, 11) is 0. The van der Waals surface area contributed by atoms with Crippen LogP contribution in [-0.2, 0) is 0 Å². The van der Waals surface area contributed by atoms with E-state index in [-0.39, 0.29) is 6.61 Å². The zero-order chi connectivity index (χ0) is 7.28. The zero-order valence-electron chi connectivity index (χ0n) is 6.15. The van der Waals surface area contributed by atoms with Crippen LogP contribution < -0.4 is 0 Å². The lowest BCUT2D eigenvalue weighted by atomic mass is 10.2. The summed E-state index contributed by atoms with van der Waals surface area (Å²) in [5.41, 5.74) is 1.92. The minimum Gasteiger partial charge on any atom is -0.391 e. The molecular weight excluding hydrogens is 112 g/mol. The van der Waals surface area contributed by atoms with E-state index in [1.54, 1.807) is 6.92 Å². The summed E-state index contributed by atoms with van der Waals surface area (Å²) < 4.78 is 0. The van der Waals surface area contributed by atoms with E-state index in [0.717, 1.165) is 11.1 Å². The van der Waals surface area contributed by atoms with Gasteiger partial charge in [-0.15, -0.1) is 5.92 Å². The van der Waals surface area contributed by atoms with Gasteiger partial charge in [-0.1, -0.05) is 11.5 Å². The van der Waals surface area contributed by atoms with Gasteiger partial charge in [-0.25, -0.2) is 0 Å². The summed E-state index contributed by atoms with van der Waals surface area (Å²) in [6.07, 6.45) is 0. The van der Waals surface area contributed by atoms with Gasteiger partial charge >= 0.3 is 0 Å². The summed E-state index contributed by atoms with van der Waals surface area (Å²) in [6.45, 7) is 5.70. The lowest BCUT2D eigenvalue weighted by molar-refractivity contribution is 0.335. The molecule has 0 bridgehead atoms. The molecule has 0 saturated carbocycles. The predicted octanol–water partition coefficient (Wildman–Crippen LogP) is 1.34. The highest BCUT2D eigenvalue weighted by Crippen LogP contribution is 1.98. The summed E-state index contributed by atoms with van der Waals surface area (Å²) in [5, 5.41) is 8.67. The lowest BCUT2D eigenvalue weighted by Gasteiger charge is -1.94. The Morgan fingerprint density at radius 2 is 2.00 bits per heavy atom. The number of aliphatic hydroxyl groups is 1. The molecule has 0 aromatic carbocycles. The summed E-state index contributed by atoms with van der Waals surface area (Å²) in [6, 6.07) is 0. The fraction of sp³-hybridized carbons (Fsp3) is 0.500. The second kappa shape index (κ2) is 4.17. The third kappa shape index (κ3) is 2.94. The first-order chi connectivity index (χ1) is 4.22. The summed E-state index contributed by atoms with van der Waals surface area (Å²) in [4.78, 5) is 0. The van der Waals surface area contributed by atoms with E-state index in [1.807, 2.05) is 13.8 Å². The van der Waals surface area contributed by atoms with Gasteiger partial charge in [0, 0.05) is 5.57 Å². The van der Waals surface area contributed by atoms with Gasteiger partial charge in [0.1, 0.15) is 0 Å². The largest absolute Gasteiger partial charge is 0.391 e. The van der Waals surface area contributed by atoms with Crippen LogP contribution >= 0.6 is 0 Å². The summed E-state index contributed by atoms with van der Waals surface area (Å²) in [5.74, 6) is 5.54. The molecular formula is C8H12O. The summed E-state index contributed by atoms with van der Waals surface area (Å²) >= 11 is 0. The molecule has 0 spiro atoms. The van der Waals surface area contributed by atoms with Crippen LogP contribution in [0.5, 0.6) is 0 Å². The van der Waals surface area contributed by atoms with Gasteiger partial charge in [0.05, 0.1) is 6.61 Å². The minimum absolute atomic E-state index is 0.0587. The average molecular weight is 124 g/mol. The highest BCUT2D eigenvalue weighted by Gasteiger charge is 1.89. The molecule has 1 N–H and O–H groups in total. The molecule has 0 aliphatic carbocycles. The van der Waals surface area contributed by atoms with E-state index in [9.17, 15) is 0 Å². The predicted molar refractivity (Wildman–Crippen MR) is 38.9 cm³/mol. The zero-order valence-corrected chi connectivity index (χ0v) is 6.15. The van der Waals surface area contributed by atoms with Crippen molar-refractivity contribution in [2.24, 2.45) is 0 Å². The fourth-order valence-corrected chi connectivity index (χ4v) is 0.474. The van der Waals surface area contributed by atoms with Gasteiger partial charge in [0.15, 0.2) is 0 Å². The number of hydrogen-bond acceptors (Lipinski definition) is 1. The molecule has 0 fully saturated rings. The maximum atomic E-state index is 8.67. The first kappa shape index (κ1) is 8.26. The van der Waals surface area contributed by atoms with Gasteiger partial charge in [0.25, 0.3) is 0 Å². The Bertz CT molecular complexity index is 163. The molecule has 0 aromatic heterocycles. The highest BCUT2D eigenvalue weighted by atomic mass is 16.3. The Labute approximate surface area is 56.4 Å². The van der Waals surface area contributed by atoms with Crippen molar-refractivity contribution in [2.45, 2.75) is 20.8 Å². The van der Waals surface area contributed by atoms with E-state index >= 15 is 0 Å². The van der Waals surface area contributed by atoms with E-state index in [2.05, 4.69) is 11.8 Å². The molecule has 0 unspecified atom stereocenters. The molecule has 0 radical (unpaired) electrons. The van der Waals surface area contributed by atoms with Gasteiger partial charge in [-0.05, 0) is 20.8 Å². The van der Waals surface area contributed by atoms with E-state index in [1.165, 1.54) is 0 Å². The van der Waals surface area contributed by atoms with Crippen molar-refractivity contribution in [2.75, 3.05) is 6.61 Å². The molecule has 9 heavy (non-hydrogen) atoms. The molecule has 1 nitrogen and oxygen atoms in total. The first-order valence-electron chi connectivity index (χ1n) is 2.92. The standard InChI is InChI=1S/C8H12O/c1-4-5-8(6-9)7(2)3/h9H,6H2,1-3H3. The van der Waals surface area contributed by atoms with E-state index in [0.29, 0.717) is 0 Å². The molecule has 0 rings (SSSR count). The number of aliphatic hydroxyl groups excluding tert-OH is 1. The van der Waals surface area contributed by atoms with Crippen LogP contribution in [0.25, 0.3) is 0 Å². The van der Waals surface area contributed by atoms with Crippen LogP contribution in [0.2, 0.25) is 0 Å². The van der Waals surface area contributed by atoms with Crippen molar-refractivity contribution < 1.29 is 5.11 Å². The van der Waals surface area contributed by atoms with Crippen molar-refractivity contribution >= 4 is 0 Å². The highest BCUT2D eigenvalue weighted by molar-refractivity contribution is 5.31. The normalized spacial score (nSPS) is 7.56. The van der Waals surface area contributed by atoms with Crippen LogP contribution in [0.1, 0.15) is 20.8 Å². The molecule has 0 amide bonds. The number of rotatable bonds is 1. The Kier molecular flexibility index (Phi) is 3.83. The van der Waals surface area contributed by atoms with Crippen LogP contribution in [0.3, 0.4) is 0 Å². The van der Waals surface area contributed by atoms with E-state index < -0.39 is 0 Å². The number of hydrogen-bond donors (Lipinski definition) is 1. The smallest absolute Gasteiger partial charge is 0.0759 e. The molecule has 0 atom stereocenters. The van der Waals surface area contributed by atoms with Crippen LogP contribution in [0.15, 0.2) is 11.1 Å². The van der Waals surface area contributed by atoms with Crippen molar-refractivity contribution in [3.8, 4) is 11.8 Å². The van der Waals surface area contributed by atoms with Crippen molar-refractivity contribution in [3.63, 3.8) is 0 Å². The first-order valence-corrected chi connectivity index (χ1v) is 2.92. The topological polar surface area (TPSA) is 20.2 Å². The third-order valence-electron chi connectivity index (χ3n) is 1.04. The van der Waals surface area contributed by atoms with Gasteiger partial charge < -0.3 is 5.11 Å². The maximum absolute atomic E-state index is 8.67. The molecule has 0 aromatic rings. The lowest BCUT2D eigenvalue weighted by Crippen LogP contribution is -1.88. The van der Waals surface area contributed by atoms with Crippen LogP contribution in [-0.4, -0.2) is 11.7 Å². The van der Waals surface area contributed by atoms with Crippen LogP contribution in [0.4, 0.5) is 0 Å². The van der Waals surface area contributed by atoms with E-state index in [4.69, 9.17) is 5.11 Å². The second-order valence-corrected chi connectivity index (χ2v) is 2.01. The van der Waals surface area contributed by atoms with Gasteiger partial charge in [-0.2, -0.15) is 0 Å². The minimum atomic E-state index is 0.0587. The Morgan fingerprint density at radius 1 is 1.44 bits per heavy atom. The third-order valence-corrected chi connectivity index (χ3v) is 1.04. The molecule has 0 heterocycles. The molecule has 0 aliphatic rings. The average Bonchev–Trinajstić information content (AvgIpc) is 1.82. The van der Waals surface area contributed by atoms with Gasteiger partial charge in [-0.3, -0.25) is 0 Å². The van der Waals surface area contributed by atoms with Crippen LogP contribution in [0, 0.1) is 11.8 Å². The SMILES string of the molecule is CC#CC(CO)=C(C)C. The Balaban J connectivity index is 4.29. The maximum Gasteiger partial charge on any atom is 0.0759 e. The monoisotopic (exact) mass is 124 g/mol. The molecule has 0 aliphatic heterocycles. The quantitative estimate of drug-likeness (QED) is 0.523. The van der Waals surface area contributed by atoms with Crippen molar-refractivity contribution in [3.05, 3.63) is 11.1 Å². The Morgan fingerprint density at radius 3 is 2.11 bits per heavy atom. The Hall–Kier alpha value is -0.740. The van der Waals surface area contributed by atoms with Gasteiger partial charge in [0.2, 0.25) is 0 Å². The molecule has 1 heteroatoms.